The molecule has 0 amide bonds. The average molecular weight is 419 g/mol. The molecule has 1 saturated heterocycles. The van der Waals surface area contributed by atoms with Crippen LogP contribution in [0.5, 0.6) is 0 Å². The van der Waals surface area contributed by atoms with E-state index in [0.717, 1.165) is 43.1 Å². The van der Waals surface area contributed by atoms with Gasteiger partial charge in [0.25, 0.3) is 0 Å². The fourth-order valence-corrected chi connectivity index (χ4v) is 5.25. The predicted molar refractivity (Wildman–Crippen MR) is 118 cm³/mol. The Morgan fingerprint density at radius 1 is 0.800 bits per heavy atom. The molecule has 0 radical (unpaired) electrons. The van der Waals surface area contributed by atoms with E-state index in [2.05, 4.69) is 15.3 Å². The summed E-state index contributed by atoms with van der Waals surface area (Å²) in [6.07, 6.45) is 0. The normalized spacial score (nSPS) is 14.9. The molecule has 0 bridgehead atoms. The third kappa shape index (κ3) is 3.26. The Bertz CT molecular complexity index is 1280. The van der Waals surface area contributed by atoms with Crippen molar-refractivity contribution in [1.82, 2.24) is 15.1 Å². The van der Waals surface area contributed by atoms with Gasteiger partial charge in [0.1, 0.15) is 0 Å². The van der Waals surface area contributed by atoms with E-state index in [4.69, 9.17) is 0 Å². The van der Waals surface area contributed by atoms with Crippen LogP contribution in [-0.2, 0) is 9.84 Å². The van der Waals surface area contributed by atoms with Crippen LogP contribution < -0.4 is 10.2 Å². The molecule has 1 aromatic heterocycles. The van der Waals surface area contributed by atoms with Gasteiger partial charge in [-0.25, -0.2) is 13.1 Å². The van der Waals surface area contributed by atoms with Gasteiger partial charge >= 0.3 is 0 Å². The molecule has 1 fully saturated rings. The number of rotatable bonds is 4. The first kappa shape index (κ1) is 18.8. The highest BCUT2D eigenvalue weighted by atomic mass is 32.2. The molecule has 7 heteroatoms. The molecule has 152 valence electrons. The van der Waals surface area contributed by atoms with Crippen molar-refractivity contribution in [3.05, 3.63) is 78.9 Å². The van der Waals surface area contributed by atoms with Crippen LogP contribution in [0.3, 0.4) is 0 Å². The molecule has 5 rings (SSSR count). The third-order valence-corrected chi connectivity index (χ3v) is 7.12. The summed E-state index contributed by atoms with van der Waals surface area (Å²) in [6.45, 7) is 3.60. The van der Waals surface area contributed by atoms with Crippen molar-refractivity contribution in [2.24, 2.45) is 0 Å². The lowest BCUT2D eigenvalue weighted by molar-refractivity contribution is 0.589. The zero-order valence-corrected chi connectivity index (χ0v) is 17.2. The molecule has 0 saturated carbocycles. The van der Waals surface area contributed by atoms with Crippen molar-refractivity contribution < 1.29 is 8.42 Å². The van der Waals surface area contributed by atoms with Crippen molar-refractivity contribution in [3.63, 3.8) is 0 Å². The van der Waals surface area contributed by atoms with Crippen molar-refractivity contribution in [3.8, 4) is 5.69 Å². The van der Waals surface area contributed by atoms with Gasteiger partial charge in [-0.15, -0.1) is 0 Å². The average Bonchev–Trinajstić information content (AvgIpc) is 3.20. The first-order valence-electron chi connectivity index (χ1n) is 9.98. The first-order valence-corrected chi connectivity index (χ1v) is 11.5. The maximum atomic E-state index is 13.5. The lowest BCUT2D eigenvalue weighted by Gasteiger charge is -2.29. The minimum Gasteiger partial charge on any atom is -0.369 e. The van der Waals surface area contributed by atoms with Crippen molar-refractivity contribution in [2.45, 2.75) is 9.92 Å². The van der Waals surface area contributed by atoms with E-state index in [1.54, 1.807) is 28.9 Å². The lowest BCUT2D eigenvalue weighted by Crippen LogP contribution is -2.43. The van der Waals surface area contributed by atoms with Gasteiger partial charge in [0.05, 0.1) is 16.1 Å². The van der Waals surface area contributed by atoms with E-state index >= 15 is 0 Å². The molecule has 1 N–H and O–H groups in total. The smallest absolute Gasteiger partial charge is 0.226 e. The Kier molecular flexibility index (Phi) is 4.77. The SMILES string of the molecule is O=S(=O)(c1ccccc1)c1nn(-c2ccccc2)c2ccc(N3CCNCC3)cc12. The molecule has 0 aliphatic carbocycles. The van der Waals surface area contributed by atoms with Crippen molar-refractivity contribution in [1.29, 1.82) is 0 Å². The number of aromatic nitrogens is 2. The summed E-state index contributed by atoms with van der Waals surface area (Å²) in [5.41, 5.74) is 2.61. The Morgan fingerprint density at radius 2 is 1.47 bits per heavy atom. The summed E-state index contributed by atoms with van der Waals surface area (Å²) in [7, 11) is -3.76. The van der Waals surface area contributed by atoms with Crippen LogP contribution in [0.15, 0.2) is 88.8 Å². The van der Waals surface area contributed by atoms with Gasteiger partial charge in [-0.3, -0.25) is 0 Å². The number of fused-ring (bicyclic) bond motifs is 1. The number of hydrogen-bond donors (Lipinski definition) is 1. The highest BCUT2D eigenvalue weighted by molar-refractivity contribution is 7.91. The van der Waals surface area contributed by atoms with Gasteiger partial charge in [-0.2, -0.15) is 5.10 Å². The van der Waals surface area contributed by atoms with E-state index in [0.29, 0.717) is 5.39 Å². The highest BCUT2D eigenvalue weighted by Crippen LogP contribution is 2.32. The standard InChI is InChI=1S/C23H22N4O2S/c28-30(29,20-9-5-2-6-10-20)23-21-17-19(26-15-13-24-14-16-26)11-12-22(21)27(25-23)18-7-3-1-4-8-18/h1-12,17,24H,13-16H2. The fraction of sp³-hybridized carbons (Fsp3) is 0.174. The molecule has 2 heterocycles. The minimum atomic E-state index is -3.76. The second-order valence-corrected chi connectivity index (χ2v) is 9.17. The summed E-state index contributed by atoms with van der Waals surface area (Å²) >= 11 is 0. The summed E-state index contributed by atoms with van der Waals surface area (Å²) in [4.78, 5) is 2.52. The van der Waals surface area contributed by atoms with E-state index in [1.165, 1.54) is 0 Å². The fourth-order valence-electron chi connectivity index (χ4n) is 3.87. The molecule has 30 heavy (non-hydrogen) atoms. The topological polar surface area (TPSA) is 67.2 Å². The van der Waals surface area contributed by atoms with Gasteiger partial charge in [0, 0.05) is 37.3 Å². The van der Waals surface area contributed by atoms with Crippen LogP contribution in [0.4, 0.5) is 5.69 Å². The number of piperazine rings is 1. The second-order valence-electron chi connectivity index (χ2n) is 7.31. The van der Waals surface area contributed by atoms with E-state index in [1.807, 2.05) is 54.6 Å². The van der Waals surface area contributed by atoms with Crippen molar-refractivity contribution >= 4 is 26.4 Å². The van der Waals surface area contributed by atoms with E-state index in [-0.39, 0.29) is 9.92 Å². The summed E-state index contributed by atoms with van der Waals surface area (Å²) in [5, 5.41) is 8.67. The van der Waals surface area contributed by atoms with Crippen LogP contribution in [0.1, 0.15) is 0 Å². The monoisotopic (exact) mass is 418 g/mol. The minimum absolute atomic E-state index is 0.0875. The lowest BCUT2D eigenvalue weighted by atomic mass is 10.2. The molecular weight excluding hydrogens is 396 g/mol. The van der Waals surface area contributed by atoms with Gasteiger partial charge in [-0.05, 0) is 42.5 Å². The van der Waals surface area contributed by atoms with E-state index in [9.17, 15) is 8.42 Å². The zero-order chi connectivity index (χ0) is 20.6. The molecule has 6 nitrogen and oxygen atoms in total. The first-order chi connectivity index (χ1) is 14.6. The van der Waals surface area contributed by atoms with Crippen LogP contribution in [0.25, 0.3) is 16.6 Å². The number of para-hydroxylation sites is 1. The molecule has 4 aromatic rings. The molecule has 1 aliphatic heterocycles. The number of anilines is 1. The quantitative estimate of drug-likeness (QED) is 0.551. The summed E-state index contributed by atoms with van der Waals surface area (Å²) < 4.78 is 28.7. The Morgan fingerprint density at radius 3 is 2.17 bits per heavy atom. The number of benzene rings is 3. The van der Waals surface area contributed by atoms with Crippen LogP contribution in [0.2, 0.25) is 0 Å². The summed E-state index contributed by atoms with van der Waals surface area (Å²) in [5.74, 6) is 0. The molecule has 1 aliphatic rings. The second kappa shape index (κ2) is 7.59. The summed E-state index contributed by atoms with van der Waals surface area (Å²) in [6, 6.07) is 24.1. The number of nitrogens with zero attached hydrogens (tertiary/aromatic N) is 3. The molecular formula is C23H22N4O2S. The Labute approximate surface area is 175 Å². The van der Waals surface area contributed by atoms with Gasteiger partial charge in [0.2, 0.25) is 9.84 Å². The zero-order valence-electron chi connectivity index (χ0n) is 16.4. The van der Waals surface area contributed by atoms with Gasteiger partial charge in [0.15, 0.2) is 5.03 Å². The highest BCUT2D eigenvalue weighted by Gasteiger charge is 2.26. The number of hydrogen-bond acceptors (Lipinski definition) is 5. The van der Waals surface area contributed by atoms with Crippen LogP contribution >= 0.6 is 0 Å². The molecule has 3 aromatic carbocycles. The van der Waals surface area contributed by atoms with E-state index < -0.39 is 9.84 Å². The number of sulfone groups is 1. The Balaban J connectivity index is 1.74. The molecule has 0 spiro atoms. The third-order valence-electron chi connectivity index (χ3n) is 5.42. The predicted octanol–water partition coefficient (Wildman–Crippen LogP) is 3.27. The van der Waals surface area contributed by atoms with Crippen LogP contribution in [-0.4, -0.2) is 44.4 Å². The van der Waals surface area contributed by atoms with Gasteiger partial charge in [-0.1, -0.05) is 36.4 Å². The maximum Gasteiger partial charge on any atom is 0.226 e. The largest absolute Gasteiger partial charge is 0.369 e. The van der Waals surface area contributed by atoms with Crippen LogP contribution in [0, 0.1) is 0 Å². The number of nitrogens with one attached hydrogen (secondary N) is 1. The maximum absolute atomic E-state index is 13.5. The Hall–Kier alpha value is -3.16. The molecule has 0 atom stereocenters. The van der Waals surface area contributed by atoms with Gasteiger partial charge < -0.3 is 10.2 Å². The molecule has 0 unspecified atom stereocenters. The van der Waals surface area contributed by atoms with Crippen molar-refractivity contribution in [2.75, 3.05) is 31.1 Å².